The maximum Gasteiger partial charge on any atom is 0.144 e. The Balaban J connectivity index is 1.91. The third-order valence-electron chi connectivity index (χ3n) is 5.24. The van der Waals surface area contributed by atoms with E-state index in [4.69, 9.17) is 0 Å². The highest BCUT2D eigenvalue weighted by molar-refractivity contribution is 7.85. The Morgan fingerprint density at radius 2 is 1.24 bits per heavy atom. The van der Waals surface area contributed by atoms with Gasteiger partial charge < -0.3 is 0 Å². The van der Waals surface area contributed by atoms with E-state index in [1.807, 2.05) is 62.4 Å². The SMILES string of the molecule is CC1(C)CC(=O)C(C2c3ccccc3S(=O)c3ccccc32)C(=O)C1. The van der Waals surface area contributed by atoms with Crippen molar-refractivity contribution in [3.05, 3.63) is 59.7 Å². The number of benzene rings is 2. The van der Waals surface area contributed by atoms with Gasteiger partial charge in [0.15, 0.2) is 0 Å². The molecule has 3 nitrogen and oxygen atoms in total. The largest absolute Gasteiger partial charge is 0.299 e. The fourth-order valence-electron chi connectivity index (χ4n) is 4.23. The monoisotopic (exact) mass is 352 g/mol. The van der Waals surface area contributed by atoms with E-state index >= 15 is 0 Å². The smallest absolute Gasteiger partial charge is 0.144 e. The lowest BCUT2D eigenvalue weighted by atomic mass is 9.65. The van der Waals surface area contributed by atoms with Gasteiger partial charge in [0.05, 0.1) is 16.7 Å². The molecule has 1 heterocycles. The maximum atomic E-state index is 12.9. The van der Waals surface area contributed by atoms with Crippen molar-refractivity contribution in [2.75, 3.05) is 0 Å². The summed E-state index contributed by atoms with van der Waals surface area (Å²) in [5.41, 5.74) is 1.43. The normalized spacial score (nSPS) is 25.4. The second-order valence-electron chi connectivity index (χ2n) is 7.75. The summed E-state index contributed by atoms with van der Waals surface area (Å²) in [6.45, 7) is 3.94. The van der Waals surface area contributed by atoms with E-state index in [0.717, 1.165) is 20.9 Å². The molecule has 25 heavy (non-hydrogen) atoms. The van der Waals surface area contributed by atoms with Crippen molar-refractivity contribution < 1.29 is 13.8 Å². The summed E-state index contributed by atoms with van der Waals surface area (Å²) in [5, 5.41) is 0. The van der Waals surface area contributed by atoms with Crippen LogP contribution in [0.15, 0.2) is 58.3 Å². The highest BCUT2D eigenvalue weighted by Gasteiger charge is 2.47. The molecule has 4 heteroatoms. The maximum absolute atomic E-state index is 12.9. The van der Waals surface area contributed by atoms with Crippen molar-refractivity contribution in [2.24, 2.45) is 11.3 Å². The van der Waals surface area contributed by atoms with Crippen LogP contribution in [0, 0.1) is 11.3 Å². The quantitative estimate of drug-likeness (QED) is 0.732. The van der Waals surface area contributed by atoms with Crippen LogP contribution in [0.25, 0.3) is 0 Å². The average Bonchev–Trinajstić information content (AvgIpc) is 2.56. The summed E-state index contributed by atoms with van der Waals surface area (Å²) in [6.07, 6.45) is 0.820. The predicted octanol–water partition coefficient (Wildman–Crippen LogP) is 3.87. The molecule has 1 fully saturated rings. The Morgan fingerprint density at radius 3 is 1.72 bits per heavy atom. The molecule has 0 aromatic heterocycles. The molecule has 0 bridgehead atoms. The van der Waals surface area contributed by atoms with Gasteiger partial charge in [0, 0.05) is 28.6 Å². The highest BCUT2D eigenvalue weighted by Crippen LogP contribution is 2.47. The van der Waals surface area contributed by atoms with E-state index in [9.17, 15) is 13.8 Å². The van der Waals surface area contributed by atoms with Crippen LogP contribution in [0.1, 0.15) is 43.7 Å². The number of carbonyl (C=O) groups excluding carboxylic acids is 2. The van der Waals surface area contributed by atoms with Crippen LogP contribution < -0.4 is 0 Å². The fraction of sp³-hybridized carbons (Fsp3) is 0.333. The average molecular weight is 352 g/mol. The minimum Gasteiger partial charge on any atom is -0.299 e. The molecule has 2 aromatic rings. The van der Waals surface area contributed by atoms with E-state index in [1.54, 1.807) is 0 Å². The molecule has 0 N–H and O–H groups in total. The van der Waals surface area contributed by atoms with E-state index in [1.165, 1.54) is 0 Å². The number of hydrogen-bond donors (Lipinski definition) is 0. The molecular weight excluding hydrogens is 332 g/mol. The molecule has 0 amide bonds. The Labute approximate surface area is 149 Å². The van der Waals surface area contributed by atoms with Gasteiger partial charge in [-0.2, -0.15) is 0 Å². The molecule has 1 aliphatic carbocycles. The lowest BCUT2D eigenvalue weighted by Gasteiger charge is -2.38. The van der Waals surface area contributed by atoms with Gasteiger partial charge in [0.25, 0.3) is 0 Å². The second kappa shape index (κ2) is 5.73. The van der Waals surface area contributed by atoms with Crippen molar-refractivity contribution in [1.29, 1.82) is 0 Å². The standard InChI is InChI=1S/C21H20O3S/c1-21(2)11-15(22)20(16(23)12-21)19-13-7-3-5-9-17(13)25(24)18-10-6-4-8-14(18)19/h3-10,19-20H,11-12H2,1-2H3. The van der Waals surface area contributed by atoms with Crippen LogP contribution in [0.5, 0.6) is 0 Å². The molecule has 1 saturated carbocycles. The lowest BCUT2D eigenvalue weighted by Crippen LogP contribution is -2.42. The number of carbonyl (C=O) groups is 2. The molecule has 0 saturated heterocycles. The first-order valence-corrected chi connectivity index (χ1v) is 9.69. The van der Waals surface area contributed by atoms with Crippen molar-refractivity contribution >= 4 is 22.4 Å². The van der Waals surface area contributed by atoms with E-state index in [2.05, 4.69) is 0 Å². The molecule has 2 aliphatic rings. The number of hydrogen-bond acceptors (Lipinski definition) is 3. The van der Waals surface area contributed by atoms with Crippen LogP contribution in [0.3, 0.4) is 0 Å². The Morgan fingerprint density at radius 1 is 0.800 bits per heavy atom. The van der Waals surface area contributed by atoms with Gasteiger partial charge in [-0.25, -0.2) is 4.21 Å². The van der Waals surface area contributed by atoms with E-state index < -0.39 is 16.7 Å². The molecule has 1 aliphatic heterocycles. The zero-order valence-corrected chi connectivity index (χ0v) is 15.1. The summed E-state index contributed by atoms with van der Waals surface area (Å²) in [7, 11) is -1.28. The fourth-order valence-corrected chi connectivity index (χ4v) is 5.69. The van der Waals surface area contributed by atoms with Gasteiger partial charge in [0.2, 0.25) is 0 Å². The Hall–Kier alpha value is -2.07. The van der Waals surface area contributed by atoms with Gasteiger partial charge in [-0.15, -0.1) is 0 Å². The molecule has 4 rings (SSSR count). The summed E-state index contributed by atoms with van der Waals surface area (Å²) in [4.78, 5) is 27.3. The van der Waals surface area contributed by atoms with Gasteiger partial charge in [-0.1, -0.05) is 50.2 Å². The first kappa shape index (κ1) is 16.4. The zero-order chi connectivity index (χ0) is 17.8. The van der Waals surface area contributed by atoms with Crippen LogP contribution in [-0.2, 0) is 20.4 Å². The number of ketones is 2. The Kier molecular flexibility index (Phi) is 3.76. The lowest BCUT2D eigenvalue weighted by molar-refractivity contribution is -0.140. The van der Waals surface area contributed by atoms with E-state index in [0.29, 0.717) is 12.8 Å². The van der Waals surface area contributed by atoms with E-state index in [-0.39, 0.29) is 22.9 Å². The van der Waals surface area contributed by atoms with Crippen molar-refractivity contribution in [3.8, 4) is 0 Å². The Bertz CT molecular complexity index is 843. The van der Waals surface area contributed by atoms with Gasteiger partial charge >= 0.3 is 0 Å². The summed E-state index contributed by atoms with van der Waals surface area (Å²) < 4.78 is 12.9. The van der Waals surface area contributed by atoms with Crippen LogP contribution >= 0.6 is 0 Å². The zero-order valence-electron chi connectivity index (χ0n) is 14.3. The third-order valence-corrected chi connectivity index (χ3v) is 6.78. The minimum atomic E-state index is -1.28. The second-order valence-corrected chi connectivity index (χ2v) is 9.17. The molecule has 0 unspecified atom stereocenters. The first-order chi connectivity index (χ1) is 11.9. The minimum absolute atomic E-state index is 0.00328. The molecule has 128 valence electrons. The first-order valence-electron chi connectivity index (χ1n) is 8.54. The van der Waals surface area contributed by atoms with Gasteiger partial charge in [0.1, 0.15) is 11.6 Å². The van der Waals surface area contributed by atoms with Gasteiger partial charge in [-0.05, 0) is 28.7 Å². The van der Waals surface area contributed by atoms with Crippen molar-refractivity contribution in [2.45, 2.75) is 42.4 Å². The van der Waals surface area contributed by atoms with Crippen LogP contribution in [-0.4, -0.2) is 15.8 Å². The van der Waals surface area contributed by atoms with Crippen LogP contribution in [0.2, 0.25) is 0 Å². The topological polar surface area (TPSA) is 51.2 Å². The number of rotatable bonds is 1. The van der Waals surface area contributed by atoms with Gasteiger partial charge in [-0.3, -0.25) is 9.59 Å². The number of Topliss-reactive ketones (excluding diaryl/α,β-unsaturated/α-hetero) is 2. The van der Waals surface area contributed by atoms with Crippen LogP contribution in [0.4, 0.5) is 0 Å². The summed E-state index contributed by atoms with van der Waals surface area (Å²) in [6, 6.07) is 15.0. The molecule has 0 radical (unpaired) electrons. The highest BCUT2D eigenvalue weighted by atomic mass is 32.2. The molecule has 0 spiro atoms. The van der Waals surface area contributed by atoms with Crippen molar-refractivity contribution in [1.82, 2.24) is 0 Å². The summed E-state index contributed by atoms with van der Waals surface area (Å²) >= 11 is 0. The van der Waals surface area contributed by atoms with Crippen molar-refractivity contribution in [3.63, 3.8) is 0 Å². The number of fused-ring (bicyclic) bond motifs is 2. The molecule has 0 atom stereocenters. The molecular formula is C21H20O3S. The summed E-state index contributed by atoms with van der Waals surface area (Å²) in [5.74, 6) is -0.999. The molecule has 2 aromatic carbocycles. The predicted molar refractivity (Wildman–Crippen MR) is 95.9 cm³/mol. The third kappa shape index (κ3) is 2.60.